The average Bonchev–Trinajstić information content (AvgIpc) is 3.36. The Hall–Kier alpha value is -3.37. The van der Waals surface area contributed by atoms with Gasteiger partial charge in [-0.3, -0.25) is 9.88 Å². The monoisotopic (exact) mass is 489 g/mol. The lowest BCUT2D eigenvalue weighted by atomic mass is 10.1. The molecule has 3 heterocycles. The number of imidazole rings is 1. The zero-order valence-corrected chi connectivity index (χ0v) is 20.3. The molecule has 1 aliphatic rings. The van der Waals surface area contributed by atoms with E-state index in [0.717, 1.165) is 49.7 Å². The molecule has 0 amide bonds. The molecule has 0 aliphatic carbocycles. The number of hydrogen-bond acceptors (Lipinski definition) is 6. The Kier molecular flexibility index (Phi) is 6.74. The molecule has 1 fully saturated rings. The lowest BCUT2D eigenvalue weighted by Gasteiger charge is -2.26. The minimum atomic E-state index is -3.58. The van der Waals surface area contributed by atoms with E-state index < -0.39 is 10.0 Å². The zero-order chi connectivity index (χ0) is 24.3. The molecule has 0 unspecified atom stereocenters. The van der Waals surface area contributed by atoms with Crippen LogP contribution in [0.5, 0.6) is 0 Å². The number of aromatic amines is 1. The fraction of sp³-hybridized carbons (Fsp3) is 0.231. The van der Waals surface area contributed by atoms with E-state index in [1.807, 2.05) is 18.2 Å². The molecule has 2 N–H and O–H groups in total. The van der Waals surface area contributed by atoms with Crippen molar-refractivity contribution in [3.05, 3.63) is 78.6 Å². The van der Waals surface area contributed by atoms with Crippen molar-refractivity contribution in [2.24, 2.45) is 0 Å². The molecule has 0 spiro atoms. The molecule has 35 heavy (non-hydrogen) atoms. The standard InChI is InChI=1S/C26H27N5O3S/c1-27-35(32,33)23-4-2-3-22(17-23)25-24(20-9-11-28-12-10-20)29-26(30-25)21-7-5-19(6-8-21)18-31-13-15-34-16-14-31/h2-12,17,27H,13-16,18H2,1H3,(H,29,30). The molecule has 0 bridgehead atoms. The van der Waals surface area contributed by atoms with Gasteiger partial charge < -0.3 is 9.72 Å². The summed E-state index contributed by atoms with van der Waals surface area (Å²) in [4.78, 5) is 15.1. The SMILES string of the molecule is CNS(=O)(=O)c1cccc(-c2nc(-c3ccc(CN4CCOCC4)cc3)[nH]c2-c2ccncc2)c1. The molecule has 5 rings (SSSR count). The Morgan fingerprint density at radius 1 is 0.971 bits per heavy atom. The molecule has 180 valence electrons. The van der Waals surface area contributed by atoms with Gasteiger partial charge in [0.25, 0.3) is 0 Å². The van der Waals surface area contributed by atoms with Crippen molar-refractivity contribution >= 4 is 10.0 Å². The summed E-state index contributed by atoms with van der Waals surface area (Å²) >= 11 is 0. The van der Waals surface area contributed by atoms with Crippen LogP contribution in [0.15, 0.2) is 78.0 Å². The Morgan fingerprint density at radius 2 is 1.71 bits per heavy atom. The van der Waals surface area contributed by atoms with Gasteiger partial charge in [-0.1, -0.05) is 36.4 Å². The highest BCUT2D eigenvalue weighted by molar-refractivity contribution is 7.89. The zero-order valence-electron chi connectivity index (χ0n) is 19.4. The predicted octanol–water partition coefficient (Wildman–Crippen LogP) is 3.55. The number of nitrogens with zero attached hydrogens (tertiary/aromatic N) is 3. The van der Waals surface area contributed by atoms with Crippen LogP contribution in [-0.4, -0.2) is 61.6 Å². The minimum absolute atomic E-state index is 0.190. The summed E-state index contributed by atoms with van der Waals surface area (Å²) in [5.41, 5.74) is 5.30. The largest absolute Gasteiger partial charge is 0.379 e. The highest BCUT2D eigenvalue weighted by atomic mass is 32.2. The number of aromatic nitrogens is 3. The molecule has 0 radical (unpaired) electrons. The van der Waals surface area contributed by atoms with Crippen LogP contribution in [-0.2, 0) is 21.3 Å². The quantitative estimate of drug-likeness (QED) is 0.412. The third kappa shape index (κ3) is 5.18. The van der Waals surface area contributed by atoms with E-state index in [2.05, 4.69) is 43.9 Å². The Morgan fingerprint density at radius 3 is 2.43 bits per heavy atom. The number of rotatable bonds is 7. The number of hydrogen-bond donors (Lipinski definition) is 2. The number of H-pyrrole nitrogens is 1. The van der Waals surface area contributed by atoms with Gasteiger partial charge in [0.05, 0.1) is 29.5 Å². The van der Waals surface area contributed by atoms with Crippen molar-refractivity contribution in [1.29, 1.82) is 0 Å². The first-order valence-electron chi connectivity index (χ1n) is 11.5. The summed E-state index contributed by atoms with van der Waals surface area (Å²) in [5, 5.41) is 0. The van der Waals surface area contributed by atoms with Crippen molar-refractivity contribution < 1.29 is 13.2 Å². The second kappa shape index (κ2) is 10.1. The second-order valence-electron chi connectivity index (χ2n) is 8.37. The molecule has 0 atom stereocenters. The first-order chi connectivity index (χ1) is 17.0. The molecule has 4 aromatic rings. The number of sulfonamides is 1. The molecule has 9 heteroatoms. The molecule has 2 aromatic carbocycles. The molecular weight excluding hydrogens is 462 g/mol. The fourth-order valence-corrected chi connectivity index (χ4v) is 4.94. The topological polar surface area (TPSA) is 100 Å². The maximum Gasteiger partial charge on any atom is 0.240 e. The van der Waals surface area contributed by atoms with Gasteiger partial charge in [-0.15, -0.1) is 0 Å². The molecular formula is C26H27N5O3S. The average molecular weight is 490 g/mol. The van der Waals surface area contributed by atoms with Gasteiger partial charge in [0.15, 0.2) is 0 Å². The number of morpholine rings is 1. The second-order valence-corrected chi connectivity index (χ2v) is 10.3. The summed E-state index contributed by atoms with van der Waals surface area (Å²) in [6.45, 7) is 4.34. The Bertz CT molecular complexity index is 1400. The number of nitrogens with one attached hydrogen (secondary N) is 2. The maximum absolute atomic E-state index is 12.4. The first kappa shape index (κ1) is 23.4. The molecule has 8 nitrogen and oxygen atoms in total. The normalized spacial score (nSPS) is 14.8. The Labute approximate surface area is 205 Å². The number of ether oxygens (including phenoxy) is 1. The van der Waals surface area contributed by atoms with Crippen molar-refractivity contribution in [3.63, 3.8) is 0 Å². The van der Waals surface area contributed by atoms with Gasteiger partial charge in [0.1, 0.15) is 5.82 Å². The maximum atomic E-state index is 12.4. The van der Waals surface area contributed by atoms with Gasteiger partial charge >= 0.3 is 0 Å². The van der Waals surface area contributed by atoms with Gasteiger partial charge in [0.2, 0.25) is 10.0 Å². The molecule has 1 saturated heterocycles. The van der Waals surface area contributed by atoms with Crippen molar-refractivity contribution in [2.75, 3.05) is 33.4 Å². The molecule has 1 aliphatic heterocycles. The van der Waals surface area contributed by atoms with Crippen LogP contribution < -0.4 is 4.72 Å². The fourth-order valence-electron chi connectivity index (χ4n) is 4.16. The van der Waals surface area contributed by atoms with Crippen molar-refractivity contribution in [2.45, 2.75) is 11.4 Å². The van der Waals surface area contributed by atoms with Gasteiger partial charge in [0, 0.05) is 48.7 Å². The third-order valence-electron chi connectivity index (χ3n) is 6.10. The smallest absolute Gasteiger partial charge is 0.240 e. The predicted molar refractivity (Wildman–Crippen MR) is 135 cm³/mol. The summed E-state index contributed by atoms with van der Waals surface area (Å²) < 4.78 is 32.6. The lowest BCUT2D eigenvalue weighted by molar-refractivity contribution is 0.0342. The highest BCUT2D eigenvalue weighted by Gasteiger charge is 2.18. The summed E-state index contributed by atoms with van der Waals surface area (Å²) in [5.74, 6) is 0.714. The van der Waals surface area contributed by atoms with Crippen molar-refractivity contribution in [3.8, 4) is 33.9 Å². The summed E-state index contributed by atoms with van der Waals surface area (Å²) in [7, 11) is -2.18. The van der Waals surface area contributed by atoms with Crippen LogP contribution in [0.2, 0.25) is 0 Å². The van der Waals surface area contributed by atoms with Crippen LogP contribution in [0.3, 0.4) is 0 Å². The lowest BCUT2D eigenvalue weighted by Crippen LogP contribution is -2.35. The molecule has 0 saturated carbocycles. The van der Waals surface area contributed by atoms with E-state index in [0.29, 0.717) is 17.1 Å². The van der Waals surface area contributed by atoms with Gasteiger partial charge in [-0.25, -0.2) is 18.1 Å². The van der Waals surface area contributed by atoms with Crippen LogP contribution in [0.4, 0.5) is 0 Å². The Balaban J connectivity index is 1.51. The molecule has 2 aromatic heterocycles. The number of benzene rings is 2. The van der Waals surface area contributed by atoms with E-state index in [-0.39, 0.29) is 4.90 Å². The van der Waals surface area contributed by atoms with E-state index in [1.165, 1.54) is 12.6 Å². The minimum Gasteiger partial charge on any atom is -0.379 e. The van der Waals surface area contributed by atoms with E-state index in [1.54, 1.807) is 30.6 Å². The van der Waals surface area contributed by atoms with E-state index in [4.69, 9.17) is 9.72 Å². The van der Waals surface area contributed by atoms with Crippen molar-refractivity contribution in [1.82, 2.24) is 24.6 Å². The van der Waals surface area contributed by atoms with Gasteiger partial charge in [-0.2, -0.15) is 0 Å². The first-order valence-corrected chi connectivity index (χ1v) is 13.0. The summed E-state index contributed by atoms with van der Waals surface area (Å²) in [6, 6.07) is 19.0. The third-order valence-corrected chi connectivity index (χ3v) is 7.51. The van der Waals surface area contributed by atoms with Gasteiger partial charge in [-0.05, 0) is 36.9 Å². The number of pyridine rings is 1. The van der Waals surface area contributed by atoms with Crippen LogP contribution in [0.1, 0.15) is 5.56 Å². The highest BCUT2D eigenvalue weighted by Crippen LogP contribution is 2.33. The van der Waals surface area contributed by atoms with E-state index >= 15 is 0 Å². The van der Waals surface area contributed by atoms with Crippen LogP contribution in [0.25, 0.3) is 33.9 Å². The van der Waals surface area contributed by atoms with Crippen LogP contribution in [0, 0.1) is 0 Å². The van der Waals surface area contributed by atoms with E-state index in [9.17, 15) is 8.42 Å². The van der Waals surface area contributed by atoms with Crippen LogP contribution >= 0.6 is 0 Å². The summed E-state index contributed by atoms with van der Waals surface area (Å²) in [6.07, 6.45) is 3.45.